The SMILES string of the molecule is CC1CN(c2nc3ccc(Cl)cn3n2)CCC1N. The number of rotatable bonds is 1. The molecule has 1 aliphatic rings. The quantitative estimate of drug-likeness (QED) is 0.850. The molecule has 2 aromatic heterocycles. The number of hydrogen-bond donors (Lipinski definition) is 1. The monoisotopic (exact) mass is 265 g/mol. The molecule has 3 heterocycles. The molecule has 0 aliphatic carbocycles. The zero-order valence-corrected chi connectivity index (χ0v) is 11.0. The van der Waals surface area contributed by atoms with Crippen molar-refractivity contribution in [3.8, 4) is 0 Å². The molecule has 0 spiro atoms. The van der Waals surface area contributed by atoms with Crippen LogP contribution in [0, 0.1) is 5.92 Å². The predicted octanol–water partition coefficient (Wildman–Crippen LogP) is 1.56. The van der Waals surface area contributed by atoms with Gasteiger partial charge in [-0.05, 0) is 24.5 Å². The van der Waals surface area contributed by atoms with E-state index in [1.165, 1.54) is 0 Å². The molecular formula is C12H16ClN5. The average molecular weight is 266 g/mol. The summed E-state index contributed by atoms with van der Waals surface area (Å²) in [5, 5.41) is 5.12. The van der Waals surface area contributed by atoms with E-state index in [2.05, 4.69) is 21.9 Å². The standard InChI is InChI=1S/C12H16ClN5/c1-8-6-17(5-4-10(8)14)12-15-11-3-2-9(13)7-18(11)16-12/h2-3,7-8,10H,4-6,14H2,1H3. The molecule has 1 saturated heterocycles. The first kappa shape index (κ1) is 11.7. The maximum absolute atomic E-state index is 6.02. The maximum Gasteiger partial charge on any atom is 0.245 e. The van der Waals surface area contributed by atoms with Crippen molar-refractivity contribution < 1.29 is 0 Å². The molecule has 2 N–H and O–H groups in total. The summed E-state index contributed by atoms with van der Waals surface area (Å²) in [5.74, 6) is 1.23. The first-order valence-electron chi connectivity index (χ1n) is 6.16. The lowest BCUT2D eigenvalue weighted by molar-refractivity contribution is 0.380. The minimum atomic E-state index is 0.285. The Hall–Kier alpha value is -1.33. The van der Waals surface area contributed by atoms with E-state index in [1.807, 2.05) is 12.1 Å². The number of anilines is 1. The van der Waals surface area contributed by atoms with Gasteiger partial charge in [-0.3, -0.25) is 0 Å². The molecule has 2 atom stereocenters. The van der Waals surface area contributed by atoms with Crippen molar-refractivity contribution in [3.63, 3.8) is 0 Å². The zero-order chi connectivity index (χ0) is 12.7. The number of piperidine rings is 1. The Morgan fingerprint density at radius 1 is 1.44 bits per heavy atom. The summed E-state index contributed by atoms with van der Waals surface area (Å²) in [5.41, 5.74) is 6.84. The number of nitrogens with zero attached hydrogens (tertiary/aromatic N) is 4. The minimum Gasteiger partial charge on any atom is -0.339 e. The van der Waals surface area contributed by atoms with Gasteiger partial charge in [0.25, 0.3) is 0 Å². The molecule has 0 radical (unpaired) electrons. The van der Waals surface area contributed by atoms with Crippen LogP contribution < -0.4 is 10.6 Å². The van der Waals surface area contributed by atoms with Crippen LogP contribution in [0.25, 0.3) is 5.65 Å². The van der Waals surface area contributed by atoms with E-state index < -0.39 is 0 Å². The summed E-state index contributed by atoms with van der Waals surface area (Å²) >= 11 is 5.94. The van der Waals surface area contributed by atoms with E-state index >= 15 is 0 Å². The van der Waals surface area contributed by atoms with Crippen LogP contribution >= 0.6 is 11.6 Å². The summed E-state index contributed by atoms with van der Waals surface area (Å²) in [6, 6.07) is 3.98. The number of nitrogens with two attached hydrogens (primary N) is 1. The minimum absolute atomic E-state index is 0.285. The van der Waals surface area contributed by atoms with E-state index in [1.54, 1.807) is 10.7 Å². The van der Waals surface area contributed by atoms with Crippen LogP contribution in [0.4, 0.5) is 5.95 Å². The second kappa shape index (κ2) is 4.40. The maximum atomic E-state index is 6.02. The fraction of sp³-hybridized carbons (Fsp3) is 0.500. The molecule has 0 amide bonds. The molecule has 6 heteroatoms. The molecule has 1 aliphatic heterocycles. The molecule has 0 saturated carbocycles. The van der Waals surface area contributed by atoms with Gasteiger partial charge in [0.05, 0.1) is 5.02 Å². The highest BCUT2D eigenvalue weighted by Gasteiger charge is 2.25. The average Bonchev–Trinajstić information content (AvgIpc) is 2.75. The molecule has 18 heavy (non-hydrogen) atoms. The molecular weight excluding hydrogens is 250 g/mol. The van der Waals surface area contributed by atoms with Gasteiger partial charge >= 0.3 is 0 Å². The van der Waals surface area contributed by atoms with Crippen molar-refractivity contribution in [2.24, 2.45) is 11.7 Å². The third-order valence-corrected chi connectivity index (χ3v) is 3.76. The molecule has 1 fully saturated rings. The topological polar surface area (TPSA) is 59.5 Å². The molecule has 3 rings (SSSR count). The second-order valence-electron chi connectivity index (χ2n) is 4.94. The number of fused-ring (bicyclic) bond motifs is 1. The number of aromatic nitrogens is 3. The van der Waals surface area contributed by atoms with Crippen LogP contribution in [0.3, 0.4) is 0 Å². The third kappa shape index (κ3) is 2.04. The van der Waals surface area contributed by atoms with Crippen molar-refractivity contribution in [2.45, 2.75) is 19.4 Å². The number of hydrogen-bond acceptors (Lipinski definition) is 4. The highest BCUT2D eigenvalue weighted by Crippen LogP contribution is 2.20. The lowest BCUT2D eigenvalue weighted by Gasteiger charge is -2.34. The van der Waals surface area contributed by atoms with Crippen molar-refractivity contribution in [3.05, 3.63) is 23.4 Å². The lowest BCUT2D eigenvalue weighted by atomic mass is 9.95. The fourth-order valence-corrected chi connectivity index (χ4v) is 2.48. The summed E-state index contributed by atoms with van der Waals surface area (Å²) in [4.78, 5) is 6.70. The summed E-state index contributed by atoms with van der Waals surface area (Å²) in [6.07, 6.45) is 2.75. The number of halogens is 1. The van der Waals surface area contributed by atoms with Crippen LogP contribution in [0.2, 0.25) is 5.02 Å². The van der Waals surface area contributed by atoms with Gasteiger partial charge in [-0.25, -0.2) is 4.52 Å². The van der Waals surface area contributed by atoms with Crippen molar-refractivity contribution in [1.82, 2.24) is 14.6 Å². The fourth-order valence-electron chi connectivity index (χ4n) is 2.33. The van der Waals surface area contributed by atoms with Crippen LogP contribution in [-0.2, 0) is 0 Å². The van der Waals surface area contributed by atoms with E-state index in [4.69, 9.17) is 17.3 Å². The highest BCUT2D eigenvalue weighted by atomic mass is 35.5. The van der Waals surface area contributed by atoms with E-state index in [0.29, 0.717) is 10.9 Å². The second-order valence-corrected chi connectivity index (χ2v) is 5.37. The van der Waals surface area contributed by atoms with Crippen molar-refractivity contribution >= 4 is 23.2 Å². The van der Waals surface area contributed by atoms with Crippen LogP contribution in [0.15, 0.2) is 18.3 Å². The van der Waals surface area contributed by atoms with Crippen LogP contribution in [0.5, 0.6) is 0 Å². The van der Waals surface area contributed by atoms with Gasteiger partial charge < -0.3 is 10.6 Å². The molecule has 5 nitrogen and oxygen atoms in total. The van der Waals surface area contributed by atoms with Gasteiger partial charge in [0.15, 0.2) is 5.65 Å². The van der Waals surface area contributed by atoms with Gasteiger partial charge in [0.1, 0.15) is 0 Å². The van der Waals surface area contributed by atoms with Crippen LogP contribution in [0.1, 0.15) is 13.3 Å². The van der Waals surface area contributed by atoms with Crippen molar-refractivity contribution in [2.75, 3.05) is 18.0 Å². The van der Waals surface area contributed by atoms with Gasteiger partial charge in [-0.2, -0.15) is 4.98 Å². The smallest absolute Gasteiger partial charge is 0.245 e. The zero-order valence-electron chi connectivity index (χ0n) is 10.3. The Kier molecular flexibility index (Phi) is 2.87. The van der Waals surface area contributed by atoms with Crippen molar-refractivity contribution in [1.29, 1.82) is 0 Å². The van der Waals surface area contributed by atoms with Crippen LogP contribution in [-0.4, -0.2) is 33.7 Å². The largest absolute Gasteiger partial charge is 0.339 e. The van der Waals surface area contributed by atoms with Gasteiger partial charge in [0.2, 0.25) is 5.95 Å². The molecule has 2 unspecified atom stereocenters. The van der Waals surface area contributed by atoms with E-state index in [-0.39, 0.29) is 6.04 Å². The summed E-state index contributed by atoms with van der Waals surface area (Å²) in [7, 11) is 0. The highest BCUT2D eigenvalue weighted by molar-refractivity contribution is 6.30. The predicted molar refractivity (Wildman–Crippen MR) is 72.0 cm³/mol. The Labute approximate surface area is 111 Å². The Morgan fingerprint density at radius 2 is 2.28 bits per heavy atom. The molecule has 0 bridgehead atoms. The lowest BCUT2D eigenvalue weighted by Crippen LogP contribution is -2.46. The summed E-state index contributed by atoms with van der Waals surface area (Å²) < 4.78 is 1.72. The normalized spacial score (nSPS) is 24.7. The first-order chi connectivity index (χ1) is 8.63. The number of pyridine rings is 1. The molecule has 2 aromatic rings. The van der Waals surface area contributed by atoms with E-state index in [9.17, 15) is 0 Å². The first-order valence-corrected chi connectivity index (χ1v) is 6.54. The van der Waals surface area contributed by atoms with E-state index in [0.717, 1.165) is 31.1 Å². The Morgan fingerprint density at radius 3 is 3.06 bits per heavy atom. The third-order valence-electron chi connectivity index (χ3n) is 3.54. The summed E-state index contributed by atoms with van der Waals surface area (Å²) in [6.45, 7) is 3.99. The molecule has 0 aromatic carbocycles. The van der Waals surface area contributed by atoms with Gasteiger partial charge in [-0.15, -0.1) is 5.10 Å². The van der Waals surface area contributed by atoms with Gasteiger partial charge in [-0.1, -0.05) is 18.5 Å². The molecule has 96 valence electrons. The van der Waals surface area contributed by atoms with Gasteiger partial charge in [0, 0.05) is 25.3 Å². The Bertz CT molecular complexity index is 567. The Balaban J connectivity index is 1.90.